The lowest BCUT2D eigenvalue weighted by molar-refractivity contribution is -0.134. The number of rotatable bonds is 5. The Morgan fingerprint density at radius 2 is 1.95 bits per heavy atom. The molecule has 1 aromatic carbocycles. The molecule has 20 heavy (non-hydrogen) atoms. The highest BCUT2D eigenvalue weighted by Crippen LogP contribution is 2.15. The van der Waals surface area contributed by atoms with Gasteiger partial charge in [-0.2, -0.15) is 0 Å². The maximum absolute atomic E-state index is 11.6. The maximum atomic E-state index is 11.6. The summed E-state index contributed by atoms with van der Waals surface area (Å²) in [7, 11) is 0. The number of carbonyl (C=O) groups excluding carboxylic acids is 2. The highest BCUT2D eigenvalue weighted by molar-refractivity contribution is 7.12. The van der Waals surface area contributed by atoms with Gasteiger partial charge >= 0.3 is 5.97 Å². The van der Waals surface area contributed by atoms with Crippen LogP contribution in [0.25, 0.3) is 0 Å². The van der Waals surface area contributed by atoms with Crippen molar-refractivity contribution in [3.8, 4) is 5.75 Å². The van der Waals surface area contributed by atoms with Crippen LogP contribution in [0.5, 0.6) is 5.75 Å². The van der Waals surface area contributed by atoms with Crippen molar-refractivity contribution >= 4 is 34.8 Å². The van der Waals surface area contributed by atoms with Gasteiger partial charge in [0.1, 0.15) is 5.75 Å². The monoisotopic (exact) mass is 309 g/mol. The number of carbonyl (C=O) groups is 2. The molecule has 0 aliphatic rings. The van der Waals surface area contributed by atoms with E-state index in [0.29, 0.717) is 15.6 Å². The second-order valence-electron chi connectivity index (χ2n) is 3.91. The van der Waals surface area contributed by atoms with Crippen LogP contribution in [-0.2, 0) is 4.79 Å². The van der Waals surface area contributed by atoms with E-state index >= 15 is 0 Å². The van der Waals surface area contributed by atoms with E-state index in [4.69, 9.17) is 16.3 Å². The first-order valence-electron chi connectivity index (χ1n) is 5.93. The lowest BCUT2D eigenvalue weighted by Gasteiger charge is -2.05. The average Bonchev–Trinajstić information content (AvgIpc) is 2.95. The zero-order valence-electron chi connectivity index (χ0n) is 10.5. The number of ether oxygens (including phenoxy) is 1. The van der Waals surface area contributed by atoms with E-state index in [9.17, 15) is 9.59 Å². The first-order valence-corrected chi connectivity index (χ1v) is 7.19. The number of hydrogen-bond acceptors (Lipinski definition) is 4. The fourth-order valence-electron chi connectivity index (χ4n) is 1.46. The minimum absolute atomic E-state index is 0.111. The highest BCUT2D eigenvalue weighted by atomic mass is 35.5. The molecular formula is C14H12ClNO3S. The average molecular weight is 310 g/mol. The smallest absolute Gasteiger partial charge is 0.312 e. The molecular weight excluding hydrogens is 298 g/mol. The quantitative estimate of drug-likeness (QED) is 0.682. The summed E-state index contributed by atoms with van der Waals surface area (Å²) < 4.78 is 5.10. The summed E-state index contributed by atoms with van der Waals surface area (Å²) in [6.45, 7) is 0.239. The van der Waals surface area contributed by atoms with Crippen molar-refractivity contribution < 1.29 is 14.3 Å². The minimum atomic E-state index is -0.404. The third kappa shape index (κ3) is 4.36. The molecule has 0 atom stereocenters. The van der Waals surface area contributed by atoms with Crippen molar-refractivity contribution in [3.05, 3.63) is 51.7 Å². The predicted octanol–water partition coefficient (Wildman–Crippen LogP) is 3.13. The molecule has 0 unspecified atom stereocenters. The predicted molar refractivity (Wildman–Crippen MR) is 78.4 cm³/mol. The molecule has 0 spiro atoms. The first kappa shape index (κ1) is 14.6. The second-order valence-corrected chi connectivity index (χ2v) is 5.30. The fourth-order valence-corrected chi connectivity index (χ4v) is 2.22. The van der Waals surface area contributed by atoms with Gasteiger partial charge in [0.2, 0.25) is 0 Å². The Morgan fingerprint density at radius 3 is 2.60 bits per heavy atom. The van der Waals surface area contributed by atoms with Crippen LogP contribution in [0.2, 0.25) is 5.02 Å². The van der Waals surface area contributed by atoms with Crippen molar-refractivity contribution in [2.75, 3.05) is 6.54 Å². The third-order valence-electron chi connectivity index (χ3n) is 2.40. The summed E-state index contributed by atoms with van der Waals surface area (Å²) in [4.78, 5) is 23.8. The lowest BCUT2D eigenvalue weighted by atomic mass is 10.3. The van der Waals surface area contributed by atoms with Crippen LogP contribution < -0.4 is 10.1 Å². The van der Waals surface area contributed by atoms with Crippen molar-refractivity contribution in [1.29, 1.82) is 0 Å². The Morgan fingerprint density at radius 1 is 1.20 bits per heavy atom. The molecule has 0 saturated carbocycles. The summed E-state index contributed by atoms with van der Waals surface area (Å²) in [6.07, 6.45) is 0.111. The Hall–Kier alpha value is -1.85. The summed E-state index contributed by atoms with van der Waals surface area (Å²) >= 11 is 7.08. The Kier molecular flexibility index (Phi) is 5.15. The maximum Gasteiger partial charge on any atom is 0.312 e. The van der Waals surface area contributed by atoms with Crippen molar-refractivity contribution in [1.82, 2.24) is 5.32 Å². The lowest BCUT2D eigenvalue weighted by Crippen LogP contribution is -2.26. The van der Waals surface area contributed by atoms with Gasteiger partial charge in [0.15, 0.2) is 0 Å². The van der Waals surface area contributed by atoms with Gasteiger partial charge in [0.25, 0.3) is 5.91 Å². The Bertz CT molecular complexity index is 581. The summed E-state index contributed by atoms with van der Waals surface area (Å²) in [6, 6.07) is 10.0. The number of benzene rings is 1. The van der Waals surface area contributed by atoms with Gasteiger partial charge < -0.3 is 10.1 Å². The standard InChI is InChI=1S/C14H12ClNO3S/c15-10-3-5-11(6-4-10)19-13(17)7-8-16-14(18)12-2-1-9-20-12/h1-6,9H,7-8H2,(H,16,18). The zero-order chi connectivity index (χ0) is 14.4. The van der Waals surface area contributed by atoms with E-state index < -0.39 is 5.97 Å². The molecule has 6 heteroatoms. The molecule has 0 aliphatic carbocycles. The van der Waals surface area contributed by atoms with Gasteiger partial charge in [-0.15, -0.1) is 11.3 Å². The SMILES string of the molecule is O=C(CCNC(=O)c1cccs1)Oc1ccc(Cl)cc1. The largest absolute Gasteiger partial charge is 0.426 e. The van der Waals surface area contributed by atoms with E-state index in [-0.39, 0.29) is 18.9 Å². The van der Waals surface area contributed by atoms with Crippen LogP contribution in [0.1, 0.15) is 16.1 Å². The van der Waals surface area contributed by atoms with Crippen molar-refractivity contribution in [3.63, 3.8) is 0 Å². The van der Waals surface area contributed by atoms with E-state index in [0.717, 1.165) is 0 Å². The second kappa shape index (κ2) is 7.07. The Labute approximate surface area is 125 Å². The molecule has 0 aliphatic heterocycles. The number of hydrogen-bond donors (Lipinski definition) is 1. The van der Waals surface area contributed by atoms with Crippen LogP contribution in [0, 0.1) is 0 Å². The molecule has 0 bridgehead atoms. The molecule has 1 heterocycles. The van der Waals surface area contributed by atoms with E-state index in [1.165, 1.54) is 11.3 Å². The molecule has 4 nitrogen and oxygen atoms in total. The van der Waals surface area contributed by atoms with Crippen LogP contribution in [0.15, 0.2) is 41.8 Å². The number of halogens is 1. The van der Waals surface area contributed by atoms with E-state index in [1.807, 2.05) is 5.38 Å². The van der Waals surface area contributed by atoms with Gasteiger partial charge in [-0.25, -0.2) is 0 Å². The molecule has 104 valence electrons. The van der Waals surface area contributed by atoms with Gasteiger partial charge in [-0.1, -0.05) is 17.7 Å². The molecule has 1 N–H and O–H groups in total. The Balaban J connectivity index is 1.73. The number of esters is 1. The topological polar surface area (TPSA) is 55.4 Å². The summed E-state index contributed by atoms with van der Waals surface area (Å²) in [5, 5.41) is 5.06. The molecule has 2 rings (SSSR count). The fraction of sp³-hybridized carbons (Fsp3) is 0.143. The minimum Gasteiger partial charge on any atom is -0.426 e. The number of nitrogens with one attached hydrogen (secondary N) is 1. The van der Waals surface area contributed by atoms with Crippen LogP contribution in [0.4, 0.5) is 0 Å². The van der Waals surface area contributed by atoms with E-state index in [2.05, 4.69) is 5.32 Å². The van der Waals surface area contributed by atoms with Gasteiger partial charge in [-0.3, -0.25) is 9.59 Å². The van der Waals surface area contributed by atoms with Gasteiger partial charge in [0, 0.05) is 11.6 Å². The van der Waals surface area contributed by atoms with Gasteiger partial charge in [-0.05, 0) is 35.7 Å². The summed E-state index contributed by atoms with van der Waals surface area (Å²) in [5.74, 6) is -0.151. The summed E-state index contributed by atoms with van der Waals surface area (Å²) in [5.41, 5.74) is 0. The third-order valence-corrected chi connectivity index (χ3v) is 3.53. The first-order chi connectivity index (χ1) is 9.65. The van der Waals surface area contributed by atoms with E-state index in [1.54, 1.807) is 36.4 Å². The zero-order valence-corrected chi connectivity index (χ0v) is 12.0. The van der Waals surface area contributed by atoms with Crippen molar-refractivity contribution in [2.24, 2.45) is 0 Å². The molecule has 0 fully saturated rings. The molecule has 0 saturated heterocycles. The number of amides is 1. The van der Waals surface area contributed by atoms with Crippen LogP contribution in [0.3, 0.4) is 0 Å². The number of thiophene rings is 1. The highest BCUT2D eigenvalue weighted by Gasteiger charge is 2.08. The molecule has 2 aromatic rings. The van der Waals surface area contributed by atoms with Crippen LogP contribution >= 0.6 is 22.9 Å². The van der Waals surface area contributed by atoms with Crippen molar-refractivity contribution in [2.45, 2.75) is 6.42 Å². The molecule has 1 amide bonds. The van der Waals surface area contributed by atoms with Crippen LogP contribution in [-0.4, -0.2) is 18.4 Å². The molecule has 1 aromatic heterocycles. The van der Waals surface area contributed by atoms with Gasteiger partial charge in [0.05, 0.1) is 11.3 Å². The molecule has 0 radical (unpaired) electrons. The normalized spacial score (nSPS) is 10.1.